The molecule has 1 aromatic heterocycles. The lowest BCUT2D eigenvalue weighted by molar-refractivity contribution is 0.649. The molecule has 0 atom stereocenters. The van der Waals surface area contributed by atoms with Crippen LogP contribution in [0.2, 0.25) is 0 Å². The SMILES string of the molecule is Cc1c(CN)cc(C2CCCC2)n1C. The Morgan fingerprint density at radius 2 is 2.07 bits per heavy atom. The average Bonchev–Trinajstić information content (AvgIpc) is 2.78. The molecular weight excluding hydrogens is 172 g/mol. The number of hydrogen-bond acceptors (Lipinski definition) is 1. The van der Waals surface area contributed by atoms with E-state index in [4.69, 9.17) is 5.73 Å². The van der Waals surface area contributed by atoms with Gasteiger partial charge in [-0.2, -0.15) is 0 Å². The summed E-state index contributed by atoms with van der Waals surface area (Å²) in [5.74, 6) is 0.791. The number of hydrogen-bond donors (Lipinski definition) is 1. The summed E-state index contributed by atoms with van der Waals surface area (Å²) in [5.41, 5.74) is 9.87. The van der Waals surface area contributed by atoms with E-state index in [-0.39, 0.29) is 0 Å². The molecule has 2 N–H and O–H groups in total. The third kappa shape index (κ3) is 1.48. The van der Waals surface area contributed by atoms with E-state index < -0.39 is 0 Å². The van der Waals surface area contributed by atoms with Crippen LogP contribution in [0.4, 0.5) is 0 Å². The summed E-state index contributed by atoms with van der Waals surface area (Å²) in [6, 6.07) is 2.31. The van der Waals surface area contributed by atoms with Crippen LogP contribution in [0.25, 0.3) is 0 Å². The van der Waals surface area contributed by atoms with E-state index in [1.54, 1.807) is 0 Å². The first-order chi connectivity index (χ1) is 6.74. The fourth-order valence-corrected chi connectivity index (χ4v) is 2.61. The molecule has 2 nitrogen and oxygen atoms in total. The molecule has 0 spiro atoms. The highest BCUT2D eigenvalue weighted by Crippen LogP contribution is 2.35. The van der Waals surface area contributed by atoms with E-state index in [0.29, 0.717) is 6.54 Å². The van der Waals surface area contributed by atoms with Gasteiger partial charge >= 0.3 is 0 Å². The summed E-state index contributed by atoms with van der Waals surface area (Å²) in [5, 5.41) is 0. The molecule has 0 amide bonds. The van der Waals surface area contributed by atoms with Crippen molar-refractivity contribution in [1.82, 2.24) is 4.57 Å². The molecule has 1 heterocycles. The van der Waals surface area contributed by atoms with Gasteiger partial charge in [-0.05, 0) is 37.3 Å². The van der Waals surface area contributed by atoms with Gasteiger partial charge < -0.3 is 10.3 Å². The molecule has 1 fully saturated rings. The molecule has 1 aromatic rings. The predicted molar refractivity (Wildman–Crippen MR) is 59.3 cm³/mol. The van der Waals surface area contributed by atoms with Crippen molar-refractivity contribution in [3.8, 4) is 0 Å². The van der Waals surface area contributed by atoms with Crippen molar-refractivity contribution in [2.45, 2.75) is 45.1 Å². The monoisotopic (exact) mass is 192 g/mol. The van der Waals surface area contributed by atoms with E-state index in [0.717, 1.165) is 5.92 Å². The summed E-state index contributed by atoms with van der Waals surface area (Å²) in [6.07, 6.45) is 5.52. The van der Waals surface area contributed by atoms with E-state index >= 15 is 0 Å². The molecule has 1 aliphatic carbocycles. The van der Waals surface area contributed by atoms with Gasteiger partial charge in [0.2, 0.25) is 0 Å². The summed E-state index contributed by atoms with van der Waals surface area (Å²) in [7, 11) is 2.17. The van der Waals surface area contributed by atoms with Gasteiger partial charge in [0.15, 0.2) is 0 Å². The van der Waals surface area contributed by atoms with Crippen LogP contribution >= 0.6 is 0 Å². The first-order valence-electron chi connectivity index (χ1n) is 5.59. The van der Waals surface area contributed by atoms with Gasteiger partial charge in [0, 0.05) is 25.0 Å². The number of rotatable bonds is 2. The van der Waals surface area contributed by atoms with Crippen LogP contribution in [-0.2, 0) is 13.6 Å². The molecule has 2 heteroatoms. The highest BCUT2D eigenvalue weighted by molar-refractivity contribution is 5.29. The van der Waals surface area contributed by atoms with Gasteiger partial charge in [0.25, 0.3) is 0 Å². The Morgan fingerprint density at radius 3 is 2.57 bits per heavy atom. The van der Waals surface area contributed by atoms with Crippen molar-refractivity contribution >= 4 is 0 Å². The van der Waals surface area contributed by atoms with Crippen molar-refractivity contribution in [2.24, 2.45) is 12.8 Å². The van der Waals surface area contributed by atoms with Crippen molar-refractivity contribution in [2.75, 3.05) is 0 Å². The summed E-state index contributed by atoms with van der Waals surface area (Å²) in [4.78, 5) is 0. The van der Waals surface area contributed by atoms with Crippen molar-refractivity contribution in [3.63, 3.8) is 0 Å². The maximum atomic E-state index is 5.72. The molecule has 78 valence electrons. The van der Waals surface area contributed by atoms with E-state index in [1.807, 2.05) is 0 Å². The molecule has 2 rings (SSSR count). The largest absolute Gasteiger partial charge is 0.351 e. The van der Waals surface area contributed by atoms with Gasteiger partial charge in [0.1, 0.15) is 0 Å². The van der Waals surface area contributed by atoms with Crippen LogP contribution in [0.5, 0.6) is 0 Å². The second kappa shape index (κ2) is 3.77. The Labute approximate surface area is 86.1 Å². The molecule has 0 aliphatic heterocycles. The second-order valence-corrected chi connectivity index (χ2v) is 4.42. The molecule has 0 saturated heterocycles. The lowest BCUT2D eigenvalue weighted by Crippen LogP contribution is -2.02. The van der Waals surface area contributed by atoms with Crippen LogP contribution in [0.1, 0.15) is 48.6 Å². The smallest absolute Gasteiger partial charge is 0.0208 e. The second-order valence-electron chi connectivity index (χ2n) is 4.42. The van der Waals surface area contributed by atoms with Crippen molar-refractivity contribution in [1.29, 1.82) is 0 Å². The maximum absolute atomic E-state index is 5.72. The topological polar surface area (TPSA) is 30.9 Å². The summed E-state index contributed by atoms with van der Waals surface area (Å²) in [6.45, 7) is 2.84. The third-order valence-corrected chi connectivity index (χ3v) is 3.67. The van der Waals surface area contributed by atoms with Gasteiger partial charge in [-0.3, -0.25) is 0 Å². The first-order valence-corrected chi connectivity index (χ1v) is 5.59. The third-order valence-electron chi connectivity index (χ3n) is 3.67. The van der Waals surface area contributed by atoms with Crippen LogP contribution < -0.4 is 5.73 Å². The Bertz CT molecular complexity index is 319. The molecular formula is C12H20N2. The minimum absolute atomic E-state index is 0.673. The molecule has 0 radical (unpaired) electrons. The van der Waals surface area contributed by atoms with Crippen LogP contribution in [-0.4, -0.2) is 4.57 Å². The summed E-state index contributed by atoms with van der Waals surface area (Å²) < 4.78 is 2.33. The zero-order valence-electron chi connectivity index (χ0n) is 9.21. The maximum Gasteiger partial charge on any atom is 0.0208 e. The quantitative estimate of drug-likeness (QED) is 0.766. The summed E-state index contributed by atoms with van der Waals surface area (Å²) >= 11 is 0. The Morgan fingerprint density at radius 1 is 1.43 bits per heavy atom. The van der Waals surface area contributed by atoms with E-state index in [9.17, 15) is 0 Å². The van der Waals surface area contributed by atoms with Crippen LogP contribution in [0.3, 0.4) is 0 Å². The van der Waals surface area contributed by atoms with Crippen LogP contribution in [0.15, 0.2) is 6.07 Å². The van der Waals surface area contributed by atoms with Gasteiger partial charge in [-0.1, -0.05) is 12.8 Å². The molecule has 14 heavy (non-hydrogen) atoms. The molecule has 1 aliphatic rings. The number of nitrogens with two attached hydrogens (primary N) is 1. The molecule has 0 aromatic carbocycles. The van der Waals surface area contributed by atoms with Gasteiger partial charge in [-0.25, -0.2) is 0 Å². The lowest BCUT2D eigenvalue weighted by Gasteiger charge is -2.11. The fourth-order valence-electron chi connectivity index (χ4n) is 2.61. The minimum atomic E-state index is 0.673. The zero-order valence-corrected chi connectivity index (χ0v) is 9.21. The highest BCUT2D eigenvalue weighted by Gasteiger charge is 2.21. The standard InChI is InChI=1S/C12H20N2/c1-9-11(8-13)7-12(14(9)2)10-5-3-4-6-10/h7,10H,3-6,8,13H2,1-2H3. The number of aromatic nitrogens is 1. The normalized spacial score (nSPS) is 17.9. The average molecular weight is 192 g/mol. The van der Waals surface area contributed by atoms with Gasteiger partial charge in [-0.15, -0.1) is 0 Å². The Kier molecular flexibility index (Phi) is 2.64. The first kappa shape index (κ1) is 9.78. The van der Waals surface area contributed by atoms with Crippen LogP contribution in [0, 0.1) is 6.92 Å². The van der Waals surface area contributed by atoms with E-state index in [1.165, 1.54) is 42.6 Å². The molecule has 0 bridgehead atoms. The Balaban J connectivity index is 2.32. The fraction of sp³-hybridized carbons (Fsp3) is 0.667. The molecule has 0 unspecified atom stereocenters. The van der Waals surface area contributed by atoms with Crippen molar-refractivity contribution in [3.05, 3.63) is 23.0 Å². The van der Waals surface area contributed by atoms with E-state index in [2.05, 4.69) is 24.6 Å². The number of nitrogens with zero attached hydrogens (tertiary/aromatic N) is 1. The predicted octanol–water partition coefficient (Wildman–Crippen LogP) is 2.45. The lowest BCUT2D eigenvalue weighted by atomic mass is 10.0. The Hall–Kier alpha value is -0.760. The zero-order chi connectivity index (χ0) is 10.1. The molecule has 1 saturated carbocycles. The van der Waals surface area contributed by atoms with Crippen molar-refractivity contribution < 1.29 is 0 Å². The highest BCUT2D eigenvalue weighted by atomic mass is 15.0. The van der Waals surface area contributed by atoms with Gasteiger partial charge in [0.05, 0.1) is 0 Å². The minimum Gasteiger partial charge on any atom is -0.351 e.